The van der Waals surface area contributed by atoms with Gasteiger partial charge in [0.1, 0.15) is 6.61 Å². The number of ether oxygens (including phenoxy) is 3. The minimum atomic E-state index is 0.325. The lowest BCUT2D eigenvalue weighted by Crippen LogP contribution is -2.40. The van der Waals surface area contributed by atoms with E-state index in [0.717, 1.165) is 61.5 Å². The van der Waals surface area contributed by atoms with Crippen LogP contribution in [0.1, 0.15) is 18.1 Å². The number of rotatable bonds is 10. The Labute approximate surface area is 196 Å². The lowest BCUT2D eigenvalue weighted by Gasteiger charge is -2.26. The van der Waals surface area contributed by atoms with E-state index >= 15 is 0 Å². The standard InChI is InChI=1S/C22H27BrCl2N2O3/c1-2-29-21-12-16(14-26-5-6-27-7-9-28-10-8-27)11-19(23)22(21)30-15-17-3-4-18(24)13-20(17)25/h3-4,11-13,26H,2,5-10,14-15H2,1H3. The van der Waals surface area contributed by atoms with Gasteiger partial charge in [0.15, 0.2) is 11.5 Å². The molecule has 5 nitrogen and oxygen atoms in total. The zero-order valence-corrected chi connectivity index (χ0v) is 20.2. The van der Waals surface area contributed by atoms with Gasteiger partial charge in [-0.25, -0.2) is 0 Å². The highest BCUT2D eigenvalue weighted by Gasteiger charge is 2.14. The number of morpholine rings is 1. The van der Waals surface area contributed by atoms with Crippen LogP contribution in [-0.4, -0.2) is 50.9 Å². The molecule has 0 atom stereocenters. The van der Waals surface area contributed by atoms with Crippen LogP contribution in [0.25, 0.3) is 0 Å². The summed E-state index contributed by atoms with van der Waals surface area (Å²) >= 11 is 15.9. The van der Waals surface area contributed by atoms with E-state index in [-0.39, 0.29) is 0 Å². The maximum absolute atomic E-state index is 6.26. The van der Waals surface area contributed by atoms with Crippen LogP contribution in [0.15, 0.2) is 34.8 Å². The van der Waals surface area contributed by atoms with Crippen LogP contribution in [0, 0.1) is 0 Å². The molecule has 8 heteroatoms. The zero-order valence-electron chi connectivity index (χ0n) is 17.1. The van der Waals surface area contributed by atoms with Gasteiger partial charge in [-0.3, -0.25) is 4.90 Å². The Kier molecular flexibility index (Phi) is 9.56. The second kappa shape index (κ2) is 12.1. The molecule has 0 amide bonds. The van der Waals surface area contributed by atoms with Gasteiger partial charge in [0.05, 0.1) is 24.3 Å². The van der Waals surface area contributed by atoms with Crippen molar-refractivity contribution in [1.82, 2.24) is 10.2 Å². The average molecular weight is 518 g/mol. The number of benzene rings is 2. The average Bonchev–Trinajstić information content (AvgIpc) is 2.73. The van der Waals surface area contributed by atoms with Crippen LogP contribution >= 0.6 is 39.1 Å². The summed E-state index contributed by atoms with van der Waals surface area (Å²) in [6.45, 7) is 9.20. The Hall–Kier alpha value is -1.02. The van der Waals surface area contributed by atoms with Crippen molar-refractivity contribution in [3.05, 3.63) is 56.0 Å². The molecule has 0 saturated carbocycles. The molecule has 1 fully saturated rings. The lowest BCUT2D eigenvalue weighted by atomic mass is 10.2. The van der Waals surface area contributed by atoms with Crippen LogP contribution in [-0.2, 0) is 17.9 Å². The fourth-order valence-electron chi connectivity index (χ4n) is 3.21. The number of halogens is 3. The molecule has 2 aromatic carbocycles. The van der Waals surface area contributed by atoms with Crippen LogP contribution in [0.3, 0.4) is 0 Å². The first-order valence-corrected chi connectivity index (χ1v) is 11.6. The third-order valence-corrected chi connectivity index (χ3v) is 5.97. The van der Waals surface area contributed by atoms with Crippen LogP contribution < -0.4 is 14.8 Å². The monoisotopic (exact) mass is 516 g/mol. The molecule has 1 N–H and O–H groups in total. The van der Waals surface area contributed by atoms with E-state index in [2.05, 4.69) is 32.2 Å². The molecule has 0 spiro atoms. The van der Waals surface area contributed by atoms with E-state index < -0.39 is 0 Å². The van der Waals surface area contributed by atoms with Crippen molar-refractivity contribution in [1.29, 1.82) is 0 Å². The van der Waals surface area contributed by atoms with Gasteiger partial charge in [0, 0.05) is 48.3 Å². The molecule has 1 saturated heterocycles. The highest BCUT2D eigenvalue weighted by Crippen LogP contribution is 2.38. The van der Waals surface area contributed by atoms with Gasteiger partial charge in [-0.2, -0.15) is 0 Å². The largest absolute Gasteiger partial charge is 0.490 e. The van der Waals surface area contributed by atoms with Crippen molar-refractivity contribution >= 4 is 39.1 Å². The molecule has 30 heavy (non-hydrogen) atoms. The topological polar surface area (TPSA) is 43.0 Å². The van der Waals surface area contributed by atoms with Gasteiger partial charge in [0.25, 0.3) is 0 Å². The molecule has 164 valence electrons. The third-order valence-electron chi connectivity index (χ3n) is 4.79. The summed E-state index contributed by atoms with van der Waals surface area (Å²) in [6.07, 6.45) is 0. The van der Waals surface area contributed by atoms with Crippen LogP contribution in [0.2, 0.25) is 10.0 Å². The number of nitrogens with zero attached hydrogens (tertiary/aromatic N) is 1. The molecule has 0 aromatic heterocycles. The molecule has 3 rings (SSSR count). The summed E-state index contributed by atoms with van der Waals surface area (Å²) in [5, 5.41) is 4.69. The molecule has 0 radical (unpaired) electrons. The fourth-order valence-corrected chi connectivity index (χ4v) is 4.28. The molecular formula is C22H27BrCl2N2O3. The van der Waals surface area contributed by atoms with E-state index in [0.29, 0.717) is 34.8 Å². The number of hydrogen-bond acceptors (Lipinski definition) is 5. The quantitative estimate of drug-likeness (QED) is 0.441. The SMILES string of the molecule is CCOc1cc(CNCCN2CCOCC2)cc(Br)c1OCc1ccc(Cl)cc1Cl. The van der Waals surface area contributed by atoms with Crippen molar-refractivity contribution in [3.8, 4) is 11.5 Å². The highest BCUT2D eigenvalue weighted by atomic mass is 79.9. The van der Waals surface area contributed by atoms with Gasteiger partial charge in [-0.15, -0.1) is 0 Å². The molecule has 0 unspecified atom stereocenters. The van der Waals surface area contributed by atoms with Crippen molar-refractivity contribution in [2.75, 3.05) is 46.0 Å². The van der Waals surface area contributed by atoms with Crippen molar-refractivity contribution in [3.63, 3.8) is 0 Å². The van der Waals surface area contributed by atoms with Crippen molar-refractivity contribution in [2.24, 2.45) is 0 Å². The maximum Gasteiger partial charge on any atom is 0.175 e. The Morgan fingerprint density at radius 3 is 2.67 bits per heavy atom. The predicted octanol–water partition coefficient (Wildman–Crippen LogP) is 5.16. The van der Waals surface area contributed by atoms with Crippen LogP contribution in [0.4, 0.5) is 0 Å². The minimum absolute atomic E-state index is 0.325. The Balaban J connectivity index is 1.59. The molecule has 0 bridgehead atoms. The Morgan fingerprint density at radius 1 is 1.13 bits per heavy atom. The highest BCUT2D eigenvalue weighted by molar-refractivity contribution is 9.10. The summed E-state index contributed by atoms with van der Waals surface area (Å²) in [4.78, 5) is 2.41. The van der Waals surface area contributed by atoms with E-state index in [9.17, 15) is 0 Å². The van der Waals surface area contributed by atoms with Crippen molar-refractivity contribution in [2.45, 2.75) is 20.1 Å². The summed E-state index contributed by atoms with van der Waals surface area (Å²) in [6, 6.07) is 9.46. The Morgan fingerprint density at radius 2 is 1.93 bits per heavy atom. The smallest absolute Gasteiger partial charge is 0.175 e. The minimum Gasteiger partial charge on any atom is -0.490 e. The van der Waals surface area contributed by atoms with Crippen LogP contribution in [0.5, 0.6) is 11.5 Å². The second-order valence-corrected chi connectivity index (χ2v) is 8.69. The first-order valence-electron chi connectivity index (χ1n) is 10.1. The first-order chi connectivity index (χ1) is 14.6. The van der Waals surface area contributed by atoms with Gasteiger partial charge in [0.2, 0.25) is 0 Å². The molecule has 0 aliphatic carbocycles. The normalized spacial score (nSPS) is 14.7. The second-order valence-electron chi connectivity index (χ2n) is 6.99. The van der Waals surface area contributed by atoms with E-state index in [4.69, 9.17) is 37.4 Å². The summed E-state index contributed by atoms with van der Waals surface area (Å²) < 4.78 is 18.1. The van der Waals surface area contributed by atoms with Gasteiger partial charge < -0.3 is 19.5 Å². The van der Waals surface area contributed by atoms with Gasteiger partial charge >= 0.3 is 0 Å². The zero-order chi connectivity index (χ0) is 21.3. The fraction of sp³-hybridized carbons (Fsp3) is 0.455. The van der Waals surface area contributed by atoms with Gasteiger partial charge in [-0.1, -0.05) is 29.3 Å². The third kappa shape index (κ3) is 7.01. The summed E-state index contributed by atoms with van der Waals surface area (Å²) in [5.41, 5.74) is 1.99. The van der Waals surface area contributed by atoms with Crippen molar-refractivity contribution < 1.29 is 14.2 Å². The number of hydrogen-bond donors (Lipinski definition) is 1. The molecule has 1 aliphatic heterocycles. The lowest BCUT2D eigenvalue weighted by molar-refractivity contribution is 0.0384. The van der Waals surface area contributed by atoms with E-state index in [1.807, 2.05) is 19.1 Å². The Bertz CT molecular complexity index is 832. The molecular weight excluding hydrogens is 491 g/mol. The number of nitrogens with one attached hydrogen (secondary N) is 1. The van der Waals surface area contributed by atoms with E-state index in [1.165, 1.54) is 0 Å². The van der Waals surface area contributed by atoms with Gasteiger partial charge in [-0.05, 0) is 52.7 Å². The first kappa shape index (κ1) is 23.6. The molecule has 2 aromatic rings. The summed E-state index contributed by atoms with van der Waals surface area (Å²) in [5.74, 6) is 1.38. The maximum atomic E-state index is 6.26. The molecule has 1 aliphatic rings. The predicted molar refractivity (Wildman–Crippen MR) is 125 cm³/mol. The summed E-state index contributed by atoms with van der Waals surface area (Å²) in [7, 11) is 0. The molecule has 1 heterocycles. The van der Waals surface area contributed by atoms with E-state index in [1.54, 1.807) is 12.1 Å².